The van der Waals surface area contributed by atoms with Gasteiger partial charge in [-0.05, 0) is 20.0 Å². The summed E-state index contributed by atoms with van der Waals surface area (Å²) in [4.78, 5) is 23.5. The molecule has 0 saturated carbocycles. The highest BCUT2D eigenvalue weighted by Gasteiger charge is 2.07. The third-order valence-electron chi connectivity index (χ3n) is 1.83. The molecule has 2 amide bonds. The molecule has 0 rings (SSSR count). The van der Waals surface area contributed by atoms with Gasteiger partial charge in [-0.3, -0.25) is 9.59 Å². The lowest BCUT2D eigenvalue weighted by Gasteiger charge is -2.16. The van der Waals surface area contributed by atoms with Crippen LogP contribution in [-0.4, -0.2) is 50.4 Å². The van der Waals surface area contributed by atoms with Crippen LogP contribution < -0.4 is 10.6 Å². The normalized spacial score (nSPS) is 9.64. The maximum atomic E-state index is 11.3. The number of amides is 2. The maximum Gasteiger partial charge on any atom is 0.241 e. The predicted octanol–water partition coefficient (Wildman–Crippen LogP) is -0.810. The summed E-state index contributed by atoms with van der Waals surface area (Å²) in [6, 6.07) is 0. The zero-order valence-corrected chi connectivity index (χ0v) is 9.09. The Hall–Kier alpha value is -1.10. The smallest absolute Gasteiger partial charge is 0.241 e. The molecule has 0 unspecified atom stereocenters. The number of carbonyl (C=O) groups is 2. The van der Waals surface area contributed by atoms with Gasteiger partial charge in [0, 0.05) is 20.5 Å². The van der Waals surface area contributed by atoms with Crippen molar-refractivity contribution in [3.05, 3.63) is 0 Å². The molecule has 0 saturated heterocycles. The van der Waals surface area contributed by atoms with E-state index >= 15 is 0 Å². The van der Waals surface area contributed by atoms with E-state index < -0.39 is 0 Å². The molecule has 2 N–H and O–H groups in total. The van der Waals surface area contributed by atoms with Crippen LogP contribution in [0.2, 0.25) is 0 Å². The van der Waals surface area contributed by atoms with Crippen molar-refractivity contribution < 1.29 is 9.59 Å². The largest absolute Gasteiger partial charge is 0.347 e. The van der Waals surface area contributed by atoms with Crippen LogP contribution in [0.4, 0.5) is 0 Å². The minimum Gasteiger partial charge on any atom is -0.347 e. The predicted molar refractivity (Wildman–Crippen MR) is 54.9 cm³/mol. The molecular formula is C9H19N3O2. The van der Waals surface area contributed by atoms with Crippen molar-refractivity contribution in [2.24, 2.45) is 0 Å². The number of nitrogens with zero attached hydrogens (tertiary/aromatic N) is 1. The number of hydrogen-bond acceptors (Lipinski definition) is 3. The second-order valence-electron chi connectivity index (χ2n) is 3.18. The SMILES string of the molecule is CNCCCN(C)C(=O)CNC(C)=O. The van der Waals surface area contributed by atoms with Gasteiger partial charge in [-0.1, -0.05) is 0 Å². The Morgan fingerprint density at radius 1 is 1.36 bits per heavy atom. The first-order chi connectivity index (χ1) is 6.57. The quantitative estimate of drug-likeness (QED) is 0.553. The topological polar surface area (TPSA) is 61.4 Å². The summed E-state index contributed by atoms with van der Waals surface area (Å²) in [5, 5.41) is 5.48. The van der Waals surface area contributed by atoms with Gasteiger partial charge in [-0.2, -0.15) is 0 Å². The van der Waals surface area contributed by atoms with Crippen LogP contribution in [0, 0.1) is 0 Å². The Kier molecular flexibility index (Phi) is 6.74. The van der Waals surface area contributed by atoms with E-state index in [4.69, 9.17) is 0 Å². The molecule has 0 bridgehead atoms. The number of nitrogens with one attached hydrogen (secondary N) is 2. The van der Waals surface area contributed by atoms with Crippen LogP contribution in [-0.2, 0) is 9.59 Å². The second-order valence-corrected chi connectivity index (χ2v) is 3.18. The van der Waals surface area contributed by atoms with Gasteiger partial charge in [0.05, 0.1) is 6.54 Å². The fraction of sp³-hybridized carbons (Fsp3) is 0.778. The first-order valence-corrected chi connectivity index (χ1v) is 4.71. The summed E-state index contributed by atoms with van der Waals surface area (Å²) in [7, 11) is 3.61. The van der Waals surface area contributed by atoms with Crippen molar-refractivity contribution in [3.63, 3.8) is 0 Å². The minimum atomic E-state index is -0.179. The van der Waals surface area contributed by atoms with Crippen molar-refractivity contribution in [2.75, 3.05) is 33.7 Å². The molecule has 0 fully saturated rings. The van der Waals surface area contributed by atoms with E-state index in [1.807, 2.05) is 7.05 Å². The molecule has 82 valence electrons. The number of carbonyl (C=O) groups excluding carboxylic acids is 2. The zero-order chi connectivity index (χ0) is 11.0. The Labute approximate surface area is 84.8 Å². The van der Waals surface area contributed by atoms with Gasteiger partial charge in [0.1, 0.15) is 0 Å². The second kappa shape index (κ2) is 7.32. The average Bonchev–Trinajstić information content (AvgIpc) is 2.14. The first kappa shape index (κ1) is 12.9. The van der Waals surface area contributed by atoms with Crippen molar-refractivity contribution in [3.8, 4) is 0 Å². The molecule has 0 atom stereocenters. The van der Waals surface area contributed by atoms with E-state index in [-0.39, 0.29) is 18.4 Å². The van der Waals surface area contributed by atoms with Gasteiger partial charge in [-0.25, -0.2) is 0 Å². The highest BCUT2D eigenvalue weighted by atomic mass is 16.2. The molecule has 0 aliphatic rings. The average molecular weight is 201 g/mol. The zero-order valence-electron chi connectivity index (χ0n) is 9.09. The summed E-state index contributed by atoms with van der Waals surface area (Å²) in [5.41, 5.74) is 0. The van der Waals surface area contributed by atoms with E-state index in [1.165, 1.54) is 6.92 Å². The van der Waals surface area contributed by atoms with E-state index in [0.717, 1.165) is 13.0 Å². The molecule has 0 aromatic rings. The lowest BCUT2D eigenvalue weighted by atomic mass is 10.4. The van der Waals surface area contributed by atoms with Gasteiger partial charge >= 0.3 is 0 Å². The van der Waals surface area contributed by atoms with Gasteiger partial charge in [0.25, 0.3) is 0 Å². The van der Waals surface area contributed by atoms with Crippen molar-refractivity contribution in [1.82, 2.24) is 15.5 Å². The molecule has 0 aliphatic heterocycles. The third kappa shape index (κ3) is 6.42. The summed E-state index contributed by atoms with van der Waals surface area (Å²) in [6.07, 6.45) is 0.915. The first-order valence-electron chi connectivity index (χ1n) is 4.71. The molecule has 0 spiro atoms. The highest BCUT2D eigenvalue weighted by Crippen LogP contribution is 1.87. The van der Waals surface area contributed by atoms with Crippen molar-refractivity contribution >= 4 is 11.8 Å². The third-order valence-corrected chi connectivity index (χ3v) is 1.83. The van der Waals surface area contributed by atoms with E-state index in [9.17, 15) is 9.59 Å². The van der Waals surface area contributed by atoms with Gasteiger partial charge in [-0.15, -0.1) is 0 Å². The Bertz CT molecular complexity index is 194. The molecule has 0 aromatic heterocycles. The Morgan fingerprint density at radius 3 is 2.50 bits per heavy atom. The summed E-state index contributed by atoms with van der Waals surface area (Å²) in [6.45, 7) is 3.08. The van der Waals surface area contributed by atoms with Crippen LogP contribution >= 0.6 is 0 Å². The lowest BCUT2D eigenvalue weighted by Crippen LogP contribution is -2.38. The monoisotopic (exact) mass is 201 g/mol. The summed E-state index contributed by atoms with van der Waals surface area (Å²) < 4.78 is 0. The Balaban J connectivity index is 3.59. The maximum absolute atomic E-state index is 11.3. The molecule has 0 aliphatic carbocycles. The standard InChI is InChI=1S/C9H19N3O2/c1-8(13)11-7-9(14)12(3)6-4-5-10-2/h10H,4-7H2,1-3H3,(H,11,13). The van der Waals surface area contributed by atoms with Gasteiger partial charge < -0.3 is 15.5 Å². The van der Waals surface area contributed by atoms with E-state index in [2.05, 4.69) is 10.6 Å². The molecule has 5 heteroatoms. The summed E-state index contributed by atoms with van der Waals surface area (Å²) in [5.74, 6) is -0.238. The number of likely N-dealkylation sites (N-methyl/N-ethyl adjacent to an activating group) is 1. The van der Waals surface area contributed by atoms with Gasteiger partial charge in [0.15, 0.2) is 0 Å². The van der Waals surface area contributed by atoms with E-state index in [0.29, 0.717) is 6.54 Å². The Morgan fingerprint density at radius 2 is 2.00 bits per heavy atom. The van der Waals surface area contributed by atoms with Crippen LogP contribution in [0.1, 0.15) is 13.3 Å². The van der Waals surface area contributed by atoms with Crippen molar-refractivity contribution in [1.29, 1.82) is 0 Å². The number of hydrogen-bond donors (Lipinski definition) is 2. The van der Waals surface area contributed by atoms with Gasteiger partial charge in [0.2, 0.25) is 11.8 Å². The summed E-state index contributed by atoms with van der Waals surface area (Å²) >= 11 is 0. The molecule has 0 heterocycles. The van der Waals surface area contributed by atoms with Crippen LogP contribution in [0.15, 0.2) is 0 Å². The van der Waals surface area contributed by atoms with E-state index in [1.54, 1.807) is 11.9 Å². The van der Waals surface area contributed by atoms with Crippen LogP contribution in [0.25, 0.3) is 0 Å². The number of rotatable bonds is 6. The lowest BCUT2D eigenvalue weighted by molar-refractivity contribution is -0.131. The molecule has 5 nitrogen and oxygen atoms in total. The molecular weight excluding hydrogens is 182 g/mol. The van der Waals surface area contributed by atoms with Crippen LogP contribution in [0.3, 0.4) is 0 Å². The minimum absolute atomic E-state index is 0.0590. The highest BCUT2D eigenvalue weighted by molar-refractivity contribution is 5.83. The molecule has 14 heavy (non-hydrogen) atoms. The fourth-order valence-corrected chi connectivity index (χ4v) is 0.953. The molecule has 0 radical (unpaired) electrons. The van der Waals surface area contributed by atoms with Crippen molar-refractivity contribution in [2.45, 2.75) is 13.3 Å². The van der Waals surface area contributed by atoms with Crippen LogP contribution in [0.5, 0.6) is 0 Å². The molecule has 0 aromatic carbocycles. The fourth-order valence-electron chi connectivity index (χ4n) is 0.953.